The summed E-state index contributed by atoms with van der Waals surface area (Å²) in [6, 6.07) is 3.19. The van der Waals surface area contributed by atoms with E-state index in [9.17, 15) is 9.90 Å². The van der Waals surface area contributed by atoms with Gasteiger partial charge in [-0.2, -0.15) is 0 Å². The zero-order valence-corrected chi connectivity index (χ0v) is 11.2. The topological polar surface area (TPSA) is 55.1 Å². The van der Waals surface area contributed by atoms with Gasteiger partial charge in [-0.05, 0) is 25.5 Å². The van der Waals surface area contributed by atoms with Gasteiger partial charge in [0.25, 0.3) is 5.56 Å². The summed E-state index contributed by atoms with van der Waals surface area (Å²) in [5, 5.41) is 10.3. The minimum absolute atomic E-state index is 0.242. The summed E-state index contributed by atoms with van der Waals surface area (Å²) in [6.45, 7) is 2.06. The van der Waals surface area contributed by atoms with E-state index >= 15 is 0 Å². The molecule has 0 aliphatic heterocycles. The number of aromatic nitrogens is 2. The van der Waals surface area contributed by atoms with Crippen LogP contribution >= 0.6 is 23.2 Å². The van der Waals surface area contributed by atoms with Crippen molar-refractivity contribution in [1.82, 2.24) is 9.55 Å². The summed E-state index contributed by atoms with van der Waals surface area (Å²) >= 11 is 12.0. The van der Waals surface area contributed by atoms with E-state index in [0.717, 1.165) is 0 Å². The molecule has 1 aromatic heterocycles. The molecule has 1 atom stereocenters. The molecule has 0 saturated heterocycles. The number of halogens is 2. The highest BCUT2D eigenvalue weighted by atomic mass is 35.5. The predicted octanol–water partition coefficient (Wildman–Crippen LogP) is 2.47. The van der Waals surface area contributed by atoms with Gasteiger partial charge in [0.2, 0.25) is 0 Å². The molecule has 2 rings (SSSR count). The van der Waals surface area contributed by atoms with Crippen molar-refractivity contribution in [3.05, 3.63) is 38.9 Å². The van der Waals surface area contributed by atoms with Crippen molar-refractivity contribution in [3.63, 3.8) is 0 Å². The van der Waals surface area contributed by atoms with Gasteiger partial charge in [0, 0.05) is 6.54 Å². The van der Waals surface area contributed by atoms with E-state index in [4.69, 9.17) is 23.2 Å². The van der Waals surface area contributed by atoms with Gasteiger partial charge in [0.05, 0.1) is 33.4 Å². The van der Waals surface area contributed by atoms with E-state index in [1.54, 1.807) is 19.1 Å². The number of fused-ring (bicyclic) bond motifs is 1. The molecule has 4 nitrogen and oxygen atoms in total. The Morgan fingerprint density at radius 2 is 2.06 bits per heavy atom. The average molecular weight is 287 g/mol. The second-order valence-corrected chi connectivity index (χ2v) is 4.95. The molecule has 6 heteroatoms. The lowest BCUT2D eigenvalue weighted by Gasteiger charge is -2.09. The van der Waals surface area contributed by atoms with Crippen LogP contribution in [-0.2, 0) is 6.54 Å². The zero-order valence-electron chi connectivity index (χ0n) is 9.73. The molecule has 0 spiro atoms. The van der Waals surface area contributed by atoms with E-state index in [2.05, 4.69) is 4.98 Å². The Balaban J connectivity index is 2.57. The molecule has 1 N–H and O–H groups in total. The fraction of sp³-hybridized carbons (Fsp3) is 0.333. The lowest BCUT2D eigenvalue weighted by atomic mass is 10.2. The summed E-state index contributed by atoms with van der Waals surface area (Å²) in [5.74, 6) is 0. The van der Waals surface area contributed by atoms with Gasteiger partial charge in [-0.15, -0.1) is 0 Å². The van der Waals surface area contributed by atoms with Crippen LogP contribution in [0.3, 0.4) is 0 Å². The SMILES string of the molecule is CC(O)CCn1cnc2c(Cl)ccc(Cl)c2c1=O. The summed E-state index contributed by atoms with van der Waals surface area (Å²) in [7, 11) is 0. The van der Waals surface area contributed by atoms with E-state index in [-0.39, 0.29) is 5.56 Å². The molecule has 0 aliphatic rings. The number of aryl methyl sites for hydroxylation is 1. The van der Waals surface area contributed by atoms with E-state index in [1.807, 2.05) is 0 Å². The monoisotopic (exact) mass is 286 g/mol. The van der Waals surface area contributed by atoms with Crippen molar-refractivity contribution >= 4 is 34.1 Å². The maximum absolute atomic E-state index is 12.2. The van der Waals surface area contributed by atoms with Crippen LogP contribution in [0.4, 0.5) is 0 Å². The van der Waals surface area contributed by atoms with Crippen molar-refractivity contribution in [2.75, 3.05) is 0 Å². The van der Waals surface area contributed by atoms with Gasteiger partial charge >= 0.3 is 0 Å². The first-order chi connectivity index (χ1) is 8.50. The summed E-state index contributed by atoms with van der Waals surface area (Å²) in [6.07, 6.45) is 1.43. The van der Waals surface area contributed by atoms with Crippen LogP contribution < -0.4 is 5.56 Å². The normalized spacial score (nSPS) is 12.9. The second-order valence-electron chi connectivity index (χ2n) is 4.13. The lowest BCUT2D eigenvalue weighted by Crippen LogP contribution is -2.22. The third kappa shape index (κ3) is 2.51. The standard InChI is InChI=1S/C12H12Cl2N2O2/c1-7(17)4-5-16-6-15-11-9(14)3-2-8(13)10(11)12(16)18/h2-3,6-7,17H,4-5H2,1H3. The third-order valence-corrected chi connectivity index (χ3v) is 3.29. The van der Waals surface area contributed by atoms with Crippen LogP contribution in [0.25, 0.3) is 10.9 Å². The number of aliphatic hydroxyl groups is 1. The van der Waals surface area contributed by atoms with Crippen LogP contribution in [0.15, 0.2) is 23.3 Å². The van der Waals surface area contributed by atoms with Crippen LogP contribution in [0.1, 0.15) is 13.3 Å². The Morgan fingerprint density at radius 1 is 1.39 bits per heavy atom. The van der Waals surface area contributed by atoms with Crippen LogP contribution in [0, 0.1) is 0 Å². The Morgan fingerprint density at radius 3 is 2.72 bits per heavy atom. The number of rotatable bonds is 3. The molecule has 18 heavy (non-hydrogen) atoms. The highest BCUT2D eigenvalue weighted by Gasteiger charge is 2.11. The van der Waals surface area contributed by atoms with Crippen molar-refractivity contribution in [1.29, 1.82) is 0 Å². The Hall–Kier alpha value is -1.10. The summed E-state index contributed by atoms with van der Waals surface area (Å²) < 4.78 is 1.43. The first-order valence-electron chi connectivity index (χ1n) is 5.52. The first-order valence-corrected chi connectivity index (χ1v) is 6.27. The van der Waals surface area contributed by atoms with Crippen molar-refractivity contribution in [2.24, 2.45) is 0 Å². The van der Waals surface area contributed by atoms with Gasteiger partial charge in [-0.25, -0.2) is 4.98 Å². The minimum Gasteiger partial charge on any atom is -0.393 e. The molecule has 96 valence electrons. The Kier molecular flexibility index (Phi) is 3.90. The Labute approximate surface area is 114 Å². The lowest BCUT2D eigenvalue weighted by molar-refractivity contribution is 0.177. The summed E-state index contributed by atoms with van der Waals surface area (Å²) in [4.78, 5) is 16.4. The number of hydrogen-bond donors (Lipinski definition) is 1. The number of aliphatic hydroxyl groups excluding tert-OH is 1. The highest BCUT2D eigenvalue weighted by molar-refractivity contribution is 6.39. The number of nitrogens with zero attached hydrogens (tertiary/aromatic N) is 2. The fourth-order valence-corrected chi connectivity index (χ4v) is 2.12. The maximum atomic E-state index is 12.2. The third-order valence-electron chi connectivity index (χ3n) is 2.67. The van der Waals surface area contributed by atoms with Gasteiger partial charge in [0.1, 0.15) is 0 Å². The van der Waals surface area contributed by atoms with Crippen molar-refractivity contribution < 1.29 is 5.11 Å². The minimum atomic E-state index is -0.470. The van der Waals surface area contributed by atoms with Crippen molar-refractivity contribution in [2.45, 2.75) is 26.0 Å². The molecule has 2 aromatic rings. The van der Waals surface area contributed by atoms with E-state index in [1.165, 1.54) is 10.9 Å². The smallest absolute Gasteiger partial charge is 0.262 e. The molecule has 0 fully saturated rings. The first kappa shape index (κ1) is 13.3. The quantitative estimate of drug-likeness (QED) is 0.943. The molecule has 0 radical (unpaired) electrons. The van der Waals surface area contributed by atoms with E-state index < -0.39 is 6.10 Å². The largest absolute Gasteiger partial charge is 0.393 e. The van der Waals surface area contributed by atoms with Gasteiger partial charge in [0.15, 0.2) is 0 Å². The average Bonchev–Trinajstić information content (AvgIpc) is 2.32. The van der Waals surface area contributed by atoms with Crippen LogP contribution in [0.2, 0.25) is 10.0 Å². The molecule has 0 bridgehead atoms. The number of benzene rings is 1. The highest BCUT2D eigenvalue weighted by Crippen LogP contribution is 2.25. The predicted molar refractivity (Wildman–Crippen MR) is 72.3 cm³/mol. The molecule has 1 unspecified atom stereocenters. The second kappa shape index (κ2) is 5.26. The molecular weight excluding hydrogens is 275 g/mol. The van der Waals surface area contributed by atoms with Crippen LogP contribution in [0.5, 0.6) is 0 Å². The van der Waals surface area contributed by atoms with E-state index in [0.29, 0.717) is 33.9 Å². The summed E-state index contributed by atoms with van der Waals surface area (Å²) in [5.41, 5.74) is 0.163. The van der Waals surface area contributed by atoms with Crippen LogP contribution in [-0.4, -0.2) is 20.8 Å². The zero-order chi connectivity index (χ0) is 13.3. The van der Waals surface area contributed by atoms with Gasteiger partial charge in [-0.1, -0.05) is 23.2 Å². The fourth-order valence-electron chi connectivity index (χ4n) is 1.68. The number of hydrogen-bond acceptors (Lipinski definition) is 3. The Bertz CT molecular complexity index is 638. The molecule has 1 aromatic carbocycles. The van der Waals surface area contributed by atoms with Crippen molar-refractivity contribution in [3.8, 4) is 0 Å². The maximum Gasteiger partial charge on any atom is 0.262 e. The van der Waals surface area contributed by atoms with Gasteiger partial charge in [-0.3, -0.25) is 9.36 Å². The molecular formula is C12H12Cl2N2O2. The molecule has 1 heterocycles. The molecule has 0 aliphatic carbocycles. The molecule has 0 saturated carbocycles. The molecule has 0 amide bonds. The van der Waals surface area contributed by atoms with Gasteiger partial charge < -0.3 is 5.11 Å².